The van der Waals surface area contributed by atoms with Crippen molar-refractivity contribution in [3.8, 4) is 0 Å². The van der Waals surface area contributed by atoms with E-state index in [0.717, 1.165) is 93.9 Å². The molecule has 1 aromatic rings. The molecule has 0 spiro atoms. The molecular formula is C34H51NO4. The van der Waals surface area contributed by atoms with E-state index in [1.807, 2.05) is 0 Å². The highest BCUT2D eigenvalue weighted by molar-refractivity contribution is 5.99. The molecule has 5 aliphatic rings. The molecule has 3 fully saturated rings. The van der Waals surface area contributed by atoms with E-state index in [9.17, 15) is 20.1 Å². The smallest absolute Gasteiger partial charge is 0.166 e. The summed E-state index contributed by atoms with van der Waals surface area (Å²) >= 11 is 0. The molecule has 1 aromatic carbocycles. The second kappa shape index (κ2) is 12.1. The molecule has 2 saturated carbocycles. The molecule has 2 bridgehead atoms. The van der Waals surface area contributed by atoms with E-state index in [1.165, 1.54) is 12.0 Å². The van der Waals surface area contributed by atoms with Crippen LogP contribution in [0.1, 0.15) is 125 Å². The first-order valence-corrected chi connectivity index (χ1v) is 15.8. The maximum atomic E-state index is 14.1. The van der Waals surface area contributed by atoms with E-state index in [-0.39, 0.29) is 35.7 Å². The van der Waals surface area contributed by atoms with Crippen molar-refractivity contribution in [3.05, 3.63) is 46.5 Å². The summed E-state index contributed by atoms with van der Waals surface area (Å²) in [6.07, 6.45) is 14.8. The van der Waals surface area contributed by atoms with Crippen LogP contribution in [0.3, 0.4) is 0 Å². The average Bonchev–Trinajstić information content (AvgIpc) is 3.48. The molecule has 5 atom stereocenters. The zero-order chi connectivity index (χ0) is 27.6. The molecular weight excluding hydrogens is 486 g/mol. The number of aliphatic hydroxyl groups excluding tert-OH is 2. The molecule has 3 N–H and O–H groups in total. The van der Waals surface area contributed by atoms with Crippen LogP contribution in [0.2, 0.25) is 0 Å². The fourth-order valence-corrected chi connectivity index (χ4v) is 8.44. The van der Waals surface area contributed by atoms with Crippen LogP contribution < -0.4 is 0 Å². The van der Waals surface area contributed by atoms with Crippen LogP contribution in [-0.4, -0.2) is 63.4 Å². The third-order valence-electron chi connectivity index (χ3n) is 11.1. The van der Waals surface area contributed by atoms with Gasteiger partial charge in [0, 0.05) is 29.5 Å². The summed E-state index contributed by atoms with van der Waals surface area (Å²) in [5.74, 6) is 0.459. The predicted octanol–water partition coefficient (Wildman–Crippen LogP) is 5.94. The quantitative estimate of drug-likeness (QED) is 0.320. The molecule has 4 aliphatic carbocycles. The zero-order valence-corrected chi connectivity index (χ0v) is 24.3. The van der Waals surface area contributed by atoms with E-state index < -0.39 is 11.7 Å². The van der Waals surface area contributed by atoms with E-state index in [0.29, 0.717) is 19.4 Å². The second-order valence-electron chi connectivity index (χ2n) is 13.6. The number of likely N-dealkylation sites (tertiary alicyclic amines) is 1. The number of ketones is 1. The summed E-state index contributed by atoms with van der Waals surface area (Å²) in [5, 5.41) is 33.3. The Labute approximate surface area is 235 Å². The van der Waals surface area contributed by atoms with Crippen LogP contribution in [0.4, 0.5) is 0 Å². The molecule has 5 heteroatoms. The van der Waals surface area contributed by atoms with Gasteiger partial charge in [0.15, 0.2) is 5.78 Å². The summed E-state index contributed by atoms with van der Waals surface area (Å²) in [6, 6.07) is 6.53. The summed E-state index contributed by atoms with van der Waals surface area (Å²) in [5.41, 5.74) is 3.04. The van der Waals surface area contributed by atoms with Gasteiger partial charge in [0.05, 0.1) is 18.3 Å². The van der Waals surface area contributed by atoms with Crippen molar-refractivity contribution in [2.24, 2.45) is 11.3 Å². The first kappa shape index (κ1) is 29.0. The molecule has 1 saturated heterocycles. The van der Waals surface area contributed by atoms with Gasteiger partial charge in [0.25, 0.3) is 0 Å². The van der Waals surface area contributed by atoms with Crippen molar-refractivity contribution in [3.63, 3.8) is 0 Å². The highest BCUT2D eigenvalue weighted by atomic mass is 16.3. The number of β-amino-alcohol motifs (C(OH)–C–C–N with tert-alkyl or cyclic N) is 1. The molecule has 5 nitrogen and oxygen atoms in total. The molecule has 1 aliphatic heterocycles. The Morgan fingerprint density at radius 1 is 1.05 bits per heavy atom. The standard InChI is InChI=1S/C34H51NO4/c1-24-8-6-17-33(2)31(16-18-34(33,39)23-35-19-7-11-27(35)22-36)29-15-13-25(20-28(37)14-12-24)21-30(29)32(38)26-9-4-3-5-10-26/h8,13,15,21,26-28,31,36-37,39H,3-7,9-12,14,16-20,22-23H2,1-2H3/t27-,28-,31-,33-,34+/m0/s1. The third-order valence-corrected chi connectivity index (χ3v) is 11.1. The lowest BCUT2D eigenvalue weighted by Gasteiger charge is -2.46. The largest absolute Gasteiger partial charge is 0.395 e. The van der Waals surface area contributed by atoms with Crippen molar-refractivity contribution in [2.75, 3.05) is 19.7 Å². The Kier molecular flexibility index (Phi) is 9.02. The molecule has 6 rings (SSSR count). The maximum Gasteiger partial charge on any atom is 0.166 e. The van der Waals surface area contributed by atoms with Gasteiger partial charge >= 0.3 is 0 Å². The lowest BCUT2D eigenvalue weighted by Crippen LogP contribution is -2.53. The van der Waals surface area contributed by atoms with Gasteiger partial charge in [0.1, 0.15) is 0 Å². The van der Waals surface area contributed by atoms with Crippen LogP contribution in [0, 0.1) is 11.3 Å². The molecule has 216 valence electrons. The van der Waals surface area contributed by atoms with Crippen molar-refractivity contribution in [2.45, 2.75) is 127 Å². The fourth-order valence-electron chi connectivity index (χ4n) is 8.44. The number of carbonyl (C=O) groups excluding carboxylic acids is 1. The van der Waals surface area contributed by atoms with Gasteiger partial charge in [-0.25, -0.2) is 0 Å². The second-order valence-corrected chi connectivity index (χ2v) is 13.6. The minimum absolute atomic E-state index is 0.0867. The highest BCUT2D eigenvalue weighted by Crippen LogP contribution is 2.59. The van der Waals surface area contributed by atoms with E-state index in [1.54, 1.807) is 0 Å². The lowest BCUT2D eigenvalue weighted by molar-refractivity contribution is -0.0875. The SMILES string of the molecule is CC1=CCC[C@@]2(C)[C@@H](CC[C@@]2(O)CN2CCC[C@H]2CO)c2ccc(cc2C(=O)C2CCCCC2)C[C@@H](O)CC1. The van der Waals surface area contributed by atoms with Gasteiger partial charge in [-0.05, 0) is 107 Å². The fraction of sp³-hybridized carbons (Fsp3) is 0.735. The number of aliphatic hydroxyl groups is 3. The number of benzene rings is 1. The van der Waals surface area contributed by atoms with Gasteiger partial charge in [-0.15, -0.1) is 0 Å². The van der Waals surface area contributed by atoms with Crippen molar-refractivity contribution in [1.82, 2.24) is 4.90 Å². The van der Waals surface area contributed by atoms with Crippen LogP contribution in [0.15, 0.2) is 29.8 Å². The van der Waals surface area contributed by atoms with Crippen LogP contribution in [0.5, 0.6) is 0 Å². The van der Waals surface area contributed by atoms with E-state index in [4.69, 9.17) is 0 Å². The summed E-state index contributed by atoms with van der Waals surface area (Å²) < 4.78 is 0. The number of hydrogen-bond acceptors (Lipinski definition) is 5. The maximum absolute atomic E-state index is 14.1. The van der Waals surface area contributed by atoms with Crippen molar-refractivity contribution >= 4 is 5.78 Å². The Bertz CT molecular complexity index is 1050. The van der Waals surface area contributed by atoms with Gasteiger partial charge in [-0.3, -0.25) is 9.69 Å². The monoisotopic (exact) mass is 537 g/mol. The number of carbonyl (C=O) groups is 1. The van der Waals surface area contributed by atoms with Gasteiger partial charge in [-0.1, -0.05) is 50.0 Å². The lowest BCUT2D eigenvalue weighted by atomic mass is 9.64. The molecule has 39 heavy (non-hydrogen) atoms. The van der Waals surface area contributed by atoms with Gasteiger partial charge in [0.2, 0.25) is 0 Å². The normalized spacial score (nSPS) is 35.0. The van der Waals surface area contributed by atoms with E-state index >= 15 is 0 Å². The summed E-state index contributed by atoms with van der Waals surface area (Å²) in [7, 11) is 0. The minimum atomic E-state index is -0.881. The first-order chi connectivity index (χ1) is 18.7. The Hall–Kier alpha value is -1.53. The number of Topliss-reactive ketones (excluding diaryl/α,β-unsaturated/α-hetero) is 1. The minimum Gasteiger partial charge on any atom is -0.395 e. The van der Waals surface area contributed by atoms with Gasteiger partial charge < -0.3 is 15.3 Å². The number of fused-ring (bicyclic) bond motifs is 8. The van der Waals surface area contributed by atoms with Gasteiger partial charge in [-0.2, -0.15) is 0 Å². The highest BCUT2D eigenvalue weighted by Gasteiger charge is 2.57. The molecule has 0 unspecified atom stereocenters. The van der Waals surface area contributed by atoms with E-state index in [2.05, 4.69) is 43.0 Å². The Morgan fingerprint density at radius 3 is 2.62 bits per heavy atom. The first-order valence-electron chi connectivity index (χ1n) is 15.8. The number of nitrogens with zero attached hydrogens (tertiary/aromatic N) is 1. The van der Waals surface area contributed by atoms with Crippen LogP contribution in [0.25, 0.3) is 0 Å². The Morgan fingerprint density at radius 2 is 1.85 bits per heavy atom. The molecule has 0 radical (unpaired) electrons. The predicted molar refractivity (Wildman–Crippen MR) is 156 cm³/mol. The average molecular weight is 538 g/mol. The van der Waals surface area contributed by atoms with Crippen LogP contribution in [-0.2, 0) is 6.42 Å². The molecule has 0 aromatic heterocycles. The summed E-state index contributed by atoms with van der Waals surface area (Å²) in [4.78, 5) is 16.4. The van der Waals surface area contributed by atoms with Crippen molar-refractivity contribution in [1.29, 1.82) is 0 Å². The third kappa shape index (κ3) is 5.93. The van der Waals surface area contributed by atoms with Crippen LogP contribution >= 0.6 is 0 Å². The molecule has 0 amide bonds. The summed E-state index contributed by atoms with van der Waals surface area (Å²) in [6.45, 7) is 6.09. The number of hydrogen-bond donors (Lipinski definition) is 3. The zero-order valence-electron chi connectivity index (χ0n) is 24.3. The number of allylic oxidation sites excluding steroid dienone is 2. The molecule has 1 heterocycles. The number of rotatable bonds is 5. The Balaban J connectivity index is 1.56. The topological polar surface area (TPSA) is 81.0 Å². The van der Waals surface area contributed by atoms with Crippen molar-refractivity contribution < 1.29 is 20.1 Å².